The number of ether oxygens (including phenoxy) is 2. The Labute approximate surface area is 155 Å². The van der Waals surface area contributed by atoms with Gasteiger partial charge in [-0.3, -0.25) is 15.6 Å². The minimum Gasteiger partial charge on any atom is -0.496 e. The zero-order valence-electron chi connectivity index (χ0n) is 15.1. The van der Waals surface area contributed by atoms with Gasteiger partial charge in [0.05, 0.1) is 14.2 Å². The molecule has 0 radical (unpaired) electrons. The van der Waals surface area contributed by atoms with Crippen LogP contribution >= 0.6 is 0 Å². The number of nitrogens with one attached hydrogen (secondary N) is 3. The molecular formula is C19H21F2N3O3. The molecule has 0 unspecified atom stereocenters. The van der Waals surface area contributed by atoms with E-state index in [2.05, 4.69) is 16.2 Å². The lowest BCUT2D eigenvalue weighted by atomic mass is 9.97. The quantitative estimate of drug-likeness (QED) is 0.719. The standard InChI is InChI=1S/C19H21F2N3O3/c1-26-16-6-5-15(20)14(18(16)21)10-22-19(25)11-3-4-13(17(7-11)27-2)12-8-23-24-9-12/h3-7,12,23-24H,8-10H2,1-2H3,(H,22,25). The van der Waals surface area contributed by atoms with Crippen molar-refractivity contribution in [3.05, 3.63) is 58.7 Å². The van der Waals surface area contributed by atoms with E-state index < -0.39 is 17.5 Å². The maximum atomic E-state index is 14.2. The lowest BCUT2D eigenvalue weighted by Crippen LogP contribution is -2.24. The fraction of sp³-hybridized carbons (Fsp3) is 0.316. The van der Waals surface area contributed by atoms with E-state index >= 15 is 0 Å². The van der Waals surface area contributed by atoms with E-state index in [1.54, 1.807) is 12.1 Å². The fourth-order valence-corrected chi connectivity index (χ4v) is 3.04. The Kier molecular flexibility index (Phi) is 5.88. The van der Waals surface area contributed by atoms with Gasteiger partial charge in [-0.2, -0.15) is 0 Å². The summed E-state index contributed by atoms with van der Waals surface area (Å²) in [5, 5.41) is 2.53. The Bertz CT molecular complexity index is 839. The van der Waals surface area contributed by atoms with Gasteiger partial charge in [-0.1, -0.05) is 6.07 Å². The average Bonchev–Trinajstić information content (AvgIpc) is 3.21. The van der Waals surface area contributed by atoms with Gasteiger partial charge in [-0.25, -0.2) is 8.78 Å². The largest absolute Gasteiger partial charge is 0.496 e. The van der Waals surface area contributed by atoms with Crippen molar-refractivity contribution in [3.8, 4) is 11.5 Å². The maximum absolute atomic E-state index is 14.2. The van der Waals surface area contributed by atoms with Crippen molar-refractivity contribution < 1.29 is 23.0 Å². The van der Waals surface area contributed by atoms with E-state index in [0.717, 1.165) is 24.7 Å². The normalized spacial score (nSPS) is 14.2. The molecule has 6 nitrogen and oxygen atoms in total. The van der Waals surface area contributed by atoms with Crippen molar-refractivity contribution in [2.45, 2.75) is 12.5 Å². The van der Waals surface area contributed by atoms with Crippen molar-refractivity contribution in [1.29, 1.82) is 0 Å². The zero-order valence-corrected chi connectivity index (χ0v) is 15.1. The molecule has 0 saturated carbocycles. The summed E-state index contributed by atoms with van der Waals surface area (Å²) in [5.74, 6) is -1.28. The highest BCUT2D eigenvalue weighted by molar-refractivity contribution is 5.94. The highest BCUT2D eigenvalue weighted by Gasteiger charge is 2.21. The molecule has 1 fully saturated rings. The van der Waals surface area contributed by atoms with Crippen LogP contribution in [0.3, 0.4) is 0 Å². The smallest absolute Gasteiger partial charge is 0.251 e. The van der Waals surface area contributed by atoms with Crippen LogP contribution in [0.4, 0.5) is 8.78 Å². The summed E-state index contributed by atoms with van der Waals surface area (Å²) in [7, 11) is 2.83. The molecule has 0 bridgehead atoms. The molecule has 8 heteroatoms. The van der Waals surface area contributed by atoms with Crippen LogP contribution in [0.25, 0.3) is 0 Å². The van der Waals surface area contributed by atoms with Crippen LogP contribution in [-0.2, 0) is 6.54 Å². The van der Waals surface area contributed by atoms with Gasteiger partial charge in [0.2, 0.25) is 0 Å². The summed E-state index contributed by atoms with van der Waals surface area (Å²) in [4.78, 5) is 12.4. The average molecular weight is 377 g/mol. The van der Waals surface area contributed by atoms with Crippen LogP contribution in [0.15, 0.2) is 30.3 Å². The van der Waals surface area contributed by atoms with E-state index in [0.29, 0.717) is 11.3 Å². The number of methoxy groups -OCH3 is 2. The van der Waals surface area contributed by atoms with Gasteiger partial charge in [-0.15, -0.1) is 0 Å². The molecule has 0 spiro atoms. The van der Waals surface area contributed by atoms with E-state index in [4.69, 9.17) is 9.47 Å². The molecule has 2 aromatic carbocycles. The van der Waals surface area contributed by atoms with Crippen LogP contribution in [0.5, 0.6) is 11.5 Å². The van der Waals surface area contributed by atoms with E-state index in [9.17, 15) is 13.6 Å². The molecule has 0 aliphatic carbocycles. The number of halogens is 2. The molecule has 0 atom stereocenters. The van der Waals surface area contributed by atoms with Crippen molar-refractivity contribution >= 4 is 5.91 Å². The Morgan fingerprint density at radius 3 is 2.48 bits per heavy atom. The number of hydrazine groups is 1. The molecule has 27 heavy (non-hydrogen) atoms. The monoisotopic (exact) mass is 377 g/mol. The van der Waals surface area contributed by atoms with Crippen LogP contribution in [0.2, 0.25) is 0 Å². The van der Waals surface area contributed by atoms with Crippen molar-refractivity contribution in [2.75, 3.05) is 27.3 Å². The van der Waals surface area contributed by atoms with Crippen LogP contribution < -0.4 is 25.6 Å². The minimum atomic E-state index is -0.827. The molecule has 1 heterocycles. The molecule has 144 valence electrons. The SMILES string of the molecule is COc1cc(C(=O)NCc2c(F)ccc(OC)c2F)ccc1C1CNNC1. The predicted octanol–water partition coefficient (Wildman–Crippen LogP) is 2.10. The van der Waals surface area contributed by atoms with Crippen molar-refractivity contribution in [2.24, 2.45) is 0 Å². The second kappa shape index (κ2) is 8.32. The molecule has 3 rings (SSSR count). The van der Waals surface area contributed by atoms with Crippen molar-refractivity contribution in [3.63, 3.8) is 0 Å². The third-order valence-corrected chi connectivity index (χ3v) is 4.55. The molecule has 3 N–H and O–H groups in total. The number of rotatable bonds is 6. The number of hydrogen-bond acceptors (Lipinski definition) is 5. The van der Waals surface area contributed by atoms with E-state index in [1.807, 2.05) is 6.07 Å². The van der Waals surface area contributed by atoms with Crippen LogP contribution in [0.1, 0.15) is 27.4 Å². The first-order valence-corrected chi connectivity index (χ1v) is 8.47. The summed E-state index contributed by atoms with van der Waals surface area (Å²) in [6.07, 6.45) is 0. The number of carbonyl (C=O) groups is 1. The van der Waals surface area contributed by atoms with E-state index in [1.165, 1.54) is 20.3 Å². The van der Waals surface area contributed by atoms with Gasteiger partial charge >= 0.3 is 0 Å². The van der Waals surface area contributed by atoms with Crippen LogP contribution in [-0.4, -0.2) is 33.2 Å². The maximum Gasteiger partial charge on any atom is 0.251 e. The summed E-state index contributed by atoms with van der Waals surface area (Å²) in [6.45, 7) is 1.22. The number of benzene rings is 2. The minimum absolute atomic E-state index is 0.0783. The molecule has 1 amide bonds. The topological polar surface area (TPSA) is 71.6 Å². The van der Waals surface area contributed by atoms with E-state index in [-0.39, 0.29) is 23.8 Å². The molecule has 0 aromatic heterocycles. The predicted molar refractivity (Wildman–Crippen MR) is 95.8 cm³/mol. The lowest BCUT2D eigenvalue weighted by molar-refractivity contribution is 0.0949. The van der Waals surface area contributed by atoms with Gasteiger partial charge in [0.25, 0.3) is 5.91 Å². The summed E-state index contributed by atoms with van der Waals surface area (Å²) >= 11 is 0. The lowest BCUT2D eigenvalue weighted by Gasteiger charge is -2.15. The first kappa shape index (κ1) is 19.1. The van der Waals surface area contributed by atoms with Gasteiger partial charge < -0.3 is 14.8 Å². The van der Waals surface area contributed by atoms with Gasteiger partial charge in [-0.05, 0) is 29.8 Å². The molecular weight excluding hydrogens is 356 g/mol. The fourth-order valence-electron chi connectivity index (χ4n) is 3.04. The second-order valence-corrected chi connectivity index (χ2v) is 6.14. The highest BCUT2D eigenvalue weighted by atomic mass is 19.1. The molecule has 1 aliphatic heterocycles. The summed E-state index contributed by atoms with van der Waals surface area (Å²) in [5.41, 5.74) is 7.18. The number of hydrogen-bond donors (Lipinski definition) is 3. The van der Waals surface area contributed by atoms with Gasteiger partial charge in [0, 0.05) is 36.7 Å². The Balaban J connectivity index is 1.75. The number of amides is 1. The first-order valence-electron chi connectivity index (χ1n) is 8.47. The third-order valence-electron chi connectivity index (χ3n) is 4.55. The third kappa shape index (κ3) is 4.01. The number of carbonyl (C=O) groups excluding carboxylic acids is 1. The summed E-state index contributed by atoms with van der Waals surface area (Å²) < 4.78 is 38.3. The van der Waals surface area contributed by atoms with Crippen LogP contribution in [0, 0.1) is 11.6 Å². The molecule has 2 aromatic rings. The molecule has 1 aliphatic rings. The zero-order chi connectivity index (χ0) is 19.4. The highest BCUT2D eigenvalue weighted by Crippen LogP contribution is 2.29. The summed E-state index contributed by atoms with van der Waals surface area (Å²) in [6, 6.07) is 7.43. The van der Waals surface area contributed by atoms with Gasteiger partial charge in [0.1, 0.15) is 11.6 Å². The van der Waals surface area contributed by atoms with Gasteiger partial charge in [0.15, 0.2) is 11.6 Å². The Morgan fingerprint density at radius 2 is 1.81 bits per heavy atom. The first-order chi connectivity index (χ1) is 13.0. The Hall–Kier alpha value is -2.71. The molecule has 1 saturated heterocycles. The second-order valence-electron chi connectivity index (χ2n) is 6.14. The van der Waals surface area contributed by atoms with Crippen molar-refractivity contribution in [1.82, 2.24) is 16.2 Å². The Morgan fingerprint density at radius 1 is 1.11 bits per heavy atom.